The minimum Gasteiger partial charge on any atom is -0.367 e. The molecule has 3 aromatic rings. The molecule has 94 valence electrons. The molecule has 0 aliphatic carbocycles. The van der Waals surface area contributed by atoms with E-state index in [1.54, 1.807) is 12.4 Å². The smallest absolute Gasteiger partial charge is 0.226 e. The number of hydrogen-bond acceptors (Lipinski definition) is 4. The summed E-state index contributed by atoms with van der Waals surface area (Å²) < 4.78 is 5.13. The van der Waals surface area contributed by atoms with Gasteiger partial charge in [0.05, 0.1) is 0 Å². The van der Waals surface area contributed by atoms with E-state index in [0.717, 1.165) is 16.8 Å². The van der Waals surface area contributed by atoms with Gasteiger partial charge in [-0.15, -0.1) is 0 Å². The van der Waals surface area contributed by atoms with Gasteiger partial charge in [0.15, 0.2) is 0 Å². The molecular formula is C15H13N3O. The maximum absolute atomic E-state index is 5.88. The molecule has 0 saturated heterocycles. The van der Waals surface area contributed by atoms with Gasteiger partial charge in [-0.1, -0.05) is 35.5 Å². The molecule has 0 aliphatic rings. The molecule has 2 aromatic heterocycles. The average Bonchev–Trinajstić information content (AvgIpc) is 2.82. The highest BCUT2D eigenvalue weighted by molar-refractivity contribution is 5.67. The van der Waals surface area contributed by atoms with Gasteiger partial charge < -0.3 is 10.3 Å². The summed E-state index contributed by atoms with van der Waals surface area (Å²) >= 11 is 0. The summed E-state index contributed by atoms with van der Waals surface area (Å²) in [6.45, 7) is 0. The summed E-state index contributed by atoms with van der Waals surface area (Å²) in [7, 11) is 0. The van der Waals surface area contributed by atoms with Crippen molar-refractivity contribution in [1.82, 2.24) is 10.1 Å². The van der Waals surface area contributed by atoms with Gasteiger partial charge >= 0.3 is 0 Å². The van der Waals surface area contributed by atoms with Crippen LogP contribution in [0.1, 0.15) is 11.1 Å². The number of anilines is 1. The van der Waals surface area contributed by atoms with Crippen LogP contribution in [0.2, 0.25) is 0 Å². The van der Waals surface area contributed by atoms with E-state index in [9.17, 15) is 0 Å². The summed E-state index contributed by atoms with van der Waals surface area (Å²) in [4.78, 5) is 4.00. The van der Waals surface area contributed by atoms with Crippen LogP contribution < -0.4 is 5.73 Å². The first kappa shape index (κ1) is 11.5. The lowest BCUT2D eigenvalue weighted by atomic mass is 10.0. The maximum atomic E-state index is 5.88. The molecule has 0 saturated carbocycles. The summed E-state index contributed by atoms with van der Waals surface area (Å²) in [5, 5.41) is 4.05. The Hall–Kier alpha value is -2.62. The van der Waals surface area contributed by atoms with Gasteiger partial charge in [-0.3, -0.25) is 4.98 Å². The first-order valence-corrected chi connectivity index (χ1v) is 6.03. The number of rotatable bonds is 3. The molecule has 0 radical (unpaired) electrons. The molecule has 19 heavy (non-hydrogen) atoms. The fraction of sp³-hybridized carbons (Fsp3) is 0.0667. The summed E-state index contributed by atoms with van der Waals surface area (Å²) in [5.41, 5.74) is 9.71. The molecule has 0 unspecified atom stereocenters. The Morgan fingerprint density at radius 2 is 1.74 bits per heavy atom. The van der Waals surface area contributed by atoms with Crippen molar-refractivity contribution in [3.63, 3.8) is 0 Å². The van der Waals surface area contributed by atoms with Crippen molar-refractivity contribution in [3.8, 4) is 11.3 Å². The number of nitrogens with zero attached hydrogens (tertiary/aromatic N) is 2. The van der Waals surface area contributed by atoms with Crippen molar-refractivity contribution in [1.29, 1.82) is 0 Å². The molecule has 0 aliphatic heterocycles. The second-order valence-electron chi connectivity index (χ2n) is 4.27. The van der Waals surface area contributed by atoms with Crippen LogP contribution in [-0.4, -0.2) is 10.1 Å². The van der Waals surface area contributed by atoms with Crippen molar-refractivity contribution in [2.75, 3.05) is 5.73 Å². The van der Waals surface area contributed by atoms with Crippen LogP contribution in [0.15, 0.2) is 59.4 Å². The van der Waals surface area contributed by atoms with Gasteiger partial charge in [0.2, 0.25) is 5.88 Å². The number of pyridine rings is 1. The van der Waals surface area contributed by atoms with Crippen LogP contribution in [0.25, 0.3) is 11.3 Å². The summed E-state index contributed by atoms with van der Waals surface area (Å²) in [5.74, 6) is 0.371. The molecule has 4 nitrogen and oxygen atoms in total. The lowest BCUT2D eigenvalue weighted by molar-refractivity contribution is 0.438. The number of hydrogen-bond donors (Lipinski definition) is 1. The second kappa shape index (κ2) is 4.94. The Morgan fingerprint density at radius 3 is 2.47 bits per heavy atom. The zero-order chi connectivity index (χ0) is 13.1. The Bertz CT molecular complexity index is 662. The van der Waals surface area contributed by atoms with E-state index in [4.69, 9.17) is 10.3 Å². The number of nitrogens with two attached hydrogens (primary N) is 1. The van der Waals surface area contributed by atoms with Crippen molar-refractivity contribution in [2.45, 2.75) is 6.42 Å². The minimum atomic E-state index is 0.371. The Kier molecular flexibility index (Phi) is 2.98. The second-order valence-corrected chi connectivity index (χ2v) is 4.27. The fourth-order valence-electron chi connectivity index (χ4n) is 2.03. The predicted molar refractivity (Wildman–Crippen MR) is 73.4 cm³/mol. The molecular weight excluding hydrogens is 238 g/mol. The topological polar surface area (TPSA) is 64.9 Å². The predicted octanol–water partition coefficient (Wildman–Crippen LogP) is 2.91. The van der Waals surface area contributed by atoms with Gasteiger partial charge in [0.1, 0.15) is 5.69 Å². The van der Waals surface area contributed by atoms with Gasteiger partial charge in [0, 0.05) is 29.9 Å². The van der Waals surface area contributed by atoms with Crippen LogP contribution >= 0.6 is 0 Å². The van der Waals surface area contributed by atoms with E-state index in [0.29, 0.717) is 12.3 Å². The Labute approximate surface area is 110 Å². The molecule has 0 spiro atoms. The van der Waals surface area contributed by atoms with E-state index < -0.39 is 0 Å². The lowest BCUT2D eigenvalue weighted by Crippen LogP contribution is -1.94. The van der Waals surface area contributed by atoms with Gasteiger partial charge in [-0.25, -0.2) is 0 Å². The van der Waals surface area contributed by atoms with Crippen LogP contribution in [0.3, 0.4) is 0 Å². The van der Waals surface area contributed by atoms with Crippen LogP contribution in [0.5, 0.6) is 0 Å². The zero-order valence-electron chi connectivity index (χ0n) is 10.3. The number of aromatic nitrogens is 2. The largest absolute Gasteiger partial charge is 0.367 e. The molecule has 2 N–H and O–H groups in total. The molecule has 0 amide bonds. The number of benzene rings is 1. The molecule has 0 atom stereocenters. The molecule has 0 bridgehead atoms. The van der Waals surface area contributed by atoms with Gasteiger partial charge in [0.25, 0.3) is 0 Å². The normalized spacial score (nSPS) is 10.5. The van der Waals surface area contributed by atoms with Crippen molar-refractivity contribution < 1.29 is 4.52 Å². The van der Waals surface area contributed by atoms with Crippen molar-refractivity contribution >= 4 is 5.88 Å². The third-order valence-corrected chi connectivity index (χ3v) is 3.00. The average molecular weight is 251 g/mol. The third kappa shape index (κ3) is 2.33. The molecule has 2 heterocycles. The number of nitrogen functional groups attached to an aromatic ring is 1. The monoisotopic (exact) mass is 251 g/mol. The van der Waals surface area contributed by atoms with Gasteiger partial charge in [-0.2, -0.15) is 0 Å². The quantitative estimate of drug-likeness (QED) is 0.777. The third-order valence-electron chi connectivity index (χ3n) is 3.00. The maximum Gasteiger partial charge on any atom is 0.226 e. The van der Waals surface area contributed by atoms with Crippen LogP contribution in [0, 0.1) is 0 Å². The van der Waals surface area contributed by atoms with Gasteiger partial charge in [-0.05, 0) is 17.7 Å². The Balaban J connectivity index is 2.00. The first-order valence-electron chi connectivity index (χ1n) is 6.03. The highest BCUT2D eigenvalue weighted by atomic mass is 16.5. The van der Waals surface area contributed by atoms with Crippen LogP contribution in [-0.2, 0) is 6.42 Å². The molecule has 3 rings (SSSR count). The summed E-state index contributed by atoms with van der Waals surface area (Å²) in [6, 6.07) is 13.9. The van der Waals surface area contributed by atoms with Crippen LogP contribution in [0.4, 0.5) is 5.88 Å². The van der Waals surface area contributed by atoms with E-state index in [1.807, 2.05) is 30.3 Å². The molecule has 4 heteroatoms. The van der Waals surface area contributed by atoms with E-state index in [1.165, 1.54) is 5.56 Å². The van der Waals surface area contributed by atoms with E-state index in [2.05, 4.69) is 22.3 Å². The lowest BCUT2D eigenvalue weighted by Gasteiger charge is -2.02. The first-order chi connectivity index (χ1) is 9.34. The minimum absolute atomic E-state index is 0.371. The van der Waals surface area contributed by atoms with Crippen molar-refractivity contribution in [2.24, 2.45) is 0 Å². The zero-order valence-corrected chi connectivity index (χ0v) is 10.3. The SMILES string of the molecule is Nc1onc(-c2ccncc2)c1Cc1ccccc1. The van der Waals surface area contributed by atoms with Crippen molar-refractivity contribution in [3.05, 3.63) is 66.0 Å². The molecule has 1 aromatic carbocycles. The Morgan fingerprint density at radius 1 is 1.00 bits per heavy atom. The molecule has 0 fully saturated rings. The van der Waals surface area contributed by atoms with E-state index >= 15 is 0 Å². The van der Waals surface area contributed by atoms with E-state index in [-0.39, 0.29) is 0 Å². The highest BCUT2D eigenvalue weighted by Gasteiger charge is 2.15. The summed E-state index contributed by atoms with van der Waals surface area (Å²) in [6.07, 6.45) is 4.16. The standard InChI is InChI=1S/C15H13N3O/c16-15-13(10-11-4-2-1-3-5-11)14(18-19-15)12-6-8-17-9-7-12/h1-9H,10,16H2. The highest BCUT2D eigenvalue weighted by Crippen LogP contribution is 2.28. The fourth-order valence-corrected chi connectivity index (χ4v) is 2.03.